The number of H-pyrrole nitrogens is 1. The van der Waals surface area contributed by atoms with E-state index in [-0.39, 0.29) is 5.91 Å². The van der Waals surface area contributed by atoms with E-state index in [1.807, 2.05) is 17.5 Å². The zero-order valence-electron chi connectivity index (χ0n) is 9.86. The Balaban J connectivity index is 2.05. The monoisotopic (exact) mass is 249 g/mol. The van der Waals surface area contributed by atoms with E-state index < -0.39 is 0 Å². The first-order valence-electron chi connectivity index (χ1n) is 5.54. The van der Waals surface area contributed by atoms with Gasteiger partial charge in [0.1, 0.15) is 0 Å². The summed E-state index contributed by atoms with van der Waals surface area (Å²) >= 11 is 1.62. The van der Waals surface area contributed by atoms with E-state index in [4.69, 9.17) is 0 Å². The maximum absolute atomic E-state index is 11.7. The van der Waals surface area contributed by atoms with Gasteiger partial charge in [-0.05, 0) is 23.4 Å². The number of amides is 1. The Hall–Kier alpha value is -1.62. The lowest BCUT2D eigenvalue weighted by Gasteiger charge is -2.04. The molecule has 0 aliphatic heterocycles. The van der Waals surface area contributed by atoms with Gasteiger partial charge in [0, 0.05) is 6.54 Å². The SMILES string of the molecule is CC(C)CNC(=O)c1cc(-c2cccs2)[nH]n1. The summed E-state index contributed by atoms with van der Waals surface area (Å²) in [5.41, 5.74) is 1.32. The molecule has 5 heteroatoms. The highest BCUT2D eigenvalue weighted by atomic mass is 32.1. The van der Waals surface area contributed by atoms with Crippen molar-refractivity contribution in [2.45, 2.75) is 13.8 Å². The van der Waals surface area contributed by atoms with Crippen molar-refractivity contribution < 1.29 is 4.79 Å². The number of thiophene rings is 1. The molecule has 17 heavy (non-hydrogen) atoms. The molecule has 2 heterocycles. The second kappa shape index (κ2) is 5.14. The Morgan fingerprint density at radius 1 is 1.59 bits per heavy atom. The second-order valence-corrected chi connectivity index (χ2v) is 5.20. The van der Waals surface area contributed by atoms with Gasteiger partial charge >= 0.3 is 0 Å². The minimum atomic E-state index is -0.127. The highest BCUT2D eigenvalue weighted by molar-refractivity contribution is 7.13. The molecule has 2 aromatic heterocycles. The molecule has 2 N–H and O–H groups in total. The highest BCUT2D eigenvalue weighted by Crippen LogP contribution is 2.22. The third-order valence-corrected chi connectivity index (χ3v) is 3.17. The number of rotatable bonds is 4. The summed E-state index contributed by atoms with van der Waals surface area (Å²) in [6, 6.07) is 5.74. The highest BCUT2D eigenvalue weighted by Gasteiger charge is 2.11. The summed E-state index contributed by atoms with van der Waals surface area (Å²) in [6.07, 6.45) is 0. The van der Waals surface area contributed by atoms with Gasteiger partial charge in [0.05, 0.1) is 10.6 Å². The molecule has 2 aromatic rings. The van der Waals surface area contributed by atoms with E-state index in [0.717, 1.165) is 10.6 Å². The number of hydrogen-bond acceptors (Lipinski definition) is 3. The number of carbonyl (C=O) groups excluding carboxylic acids is 1. The summed E-state index contributed by atoms with van der Waals surface area (Å²) < 4.78 is 0. The predicted octanol–water partition coefficient (Wildman–Crippen LogP) is 2.52. The molecule has 0 aliphatic rings. The lowest BCUT2D eigenvalue weighted by Crippen LogP contribution is -2.27. The lowest BCUT2D eigenvalue weighted by atomic mass is 10.2. The fourth-order valence-electron chi connectivity index (χ4n) is 1.38. The first kappa shape index (κ1) is 11.9. The van der Waals surface area contributed by atoms with Gasteiger partial charge in [-0.1, -0.05) is 19.9 Å². The Bertz CT molecular complexity index is 488. The van der Waals surface area contributed by atoms with Gasteiger partial charge in [0.15, 0.2) is 5.69 Å². The van der Waals surface area contributed by atoms with Crippen molar-refractivity contribution >= 4 is 17.2 Å². The van der Waals surface area contributed by atoms with Crippen LogP contribution in [-0.4, -0.2) is 22.6 Å². The standard InChI is InChI=1S/C12H15N3OS/c1-8(2)7-13-12(16)10-6-9(14-15-10)11-4-3-5-17-11/h3-6,8H,7H2,1-2H3,(H,13,16)(H,14,15). The van der Waals surface area contributed by atoms with Crippen LogP contribution in [0.1, 0.15) is 24.3 Å². The van der Waals surface area contributed by atoms with E-state index in [9.17, 15) is 4.79 Å². The Kier molecular flexibility index (Phi) is 3.58. The van der Waals surface area contributed by atoms with Gasteiger partial charge in [-0.2, -0.15) is 5.10 Å². The molecule has 90 valence electrons. The van der Waals surface area contributed by atoms with Crippen LogP contribution >= 0.6 is 11.3 Å². The number of nitrogens with one attached hydrogen (secondary N) is 2. The maximum atomic E-state index is 11.7. The predicted molar refractivity (Wildman–Crippen MR) is 69.1 cm³/mol. The Morgan fingerprint density at radius 3 is 3.06 bits per heavy atom. The van der Waals surface area contributed by atoms with Gasteiger partial charge in [0.2, 0.25) is 0 Å². The summed E-state index contributed by atoms with van der Waals surface area (Å²) in [6.45, 7) is 4.78. The van der Waals surface area contributed by atoms with Crippen LogP contribution in [0.5, 0.6) is 0 Å². The van der Waals surface area contributed by atoms with Crippen molar-refractivity contribution in [3.8, 4) is 10.6 Å². The van der Waals surface area contributed by atoms with Crippen LogP contribution in [0.4, 0.5) is 0 Å². The zero-order valence-corrected chi connectivity index (χ0v) is 10.7. The molecule has 0 unspecified atom stereocenters. The molecule has 0 atom stereocenters. The summed E-state index contributed by atoms with van der Waals surface area (Å²) in [7, 11) is 0. The van der Waals surface area contributed by atoms with E-state index in [2.05, 4.69) is 29.4 Å². The van der Waals surface area contributed by atoms with E-state index in [0.29, 0.717) is 18.2 Å². The molecule has 0 radical (unpaired) electrons. The van der Waals surface area contributed by atoms with E-state index >= 15 is 0 Å². The third-order valence-electron chi connectivity index (χ3n) is 2.27. The average Bonchev–Trinajstić information content (AvgIpc) is 2.94. The fraction of sp³-hybridized carbons (Fsp3) is 0.333. The Morgan fingerprint density at radius 2 is 2.41 bits per heavy atom. The molecular formula is C12H15N3OS. The molecule has 0 saturated heterocycles. The number of carbonyl (C=O) groups is 1. The van der Waals surface area contributed by atoms with Gasteiger partial charge in [-0.3, -0.25) is 9.89 Å². The van der Waals surface area contributed by atoms with Crippen molar-refractivity contribution in [2.24, 2.45) is 5.92 Å². The smallest absolute Gasteiger partial charge is 0.271 e. The molecule has 0 saturated carbocycles. The fourth-order valence-corrected chi connectivity index (χ4v) is 2.08. The van der Waals surface area contributed by atoms with Crippen LogP contribution < -0.4 is 5.32 Å². The second-order valence-electron chi connectivity index (χ2n) is 4.25. The number of hydrogen-bond donors (Lipinski definition) is 2. The minimum absolute atomic E-state index is 0.127. The van der Waals surface area contributed by atoms with Gasteiger partial charge < -0.3 is 5.32 Å². The van der Waals surface area contributed by atoms with Crippen LogP contribution in [0, 0.1) is 5.92 Å². The molecule has 0 aromatic carbocycles. The van der Waals surface area contributed by atoms with Crippen molar-refractivity contribution in [2.75, 3.05) is 6.54 Å². The van der Waals surface area contributed by atoms with E-state index in [1.54, 1.807) is 17.4 Å². The summed E-state index contributed by atoms with van der Waals surface area (Å²) in [5, 5.41) is 11.7. The van der Waals surface area contributed by atoms with Gasteiger partial charge in [-0.25, -0.2) is 0 Å². The van der Waals surface area contributed by atoms with E-state index in [1.165, 1.54) is 0 Å². The van der Waals surface area contributed by atoms with Crippen LogP contribution in [0.25, 0.3) is 10.6 Å². The molecule has 2 rings (SSSR count). The Labute approximate surface area is 104 Å². The van der Waals surface area contributed by atoms with Crippen LogP contribution in [0.15, 0.2) is 23.6 Å². The van der Waals surface area contributed by atoms with Gasteiger partial charge in [-0.15, -0.1) is 11.3 Å². The maximum Gasteiger partial charge on any atom is 0.271 e. The number of aromatic nitrogens is 2. The molecule has 0 fully saturated rings. The molecule has 0 aliphatic carbocycles. The summed E-state index contributed by atoms with van der Waals surface area (Å²) in [4.78, 5) is 12.8. The molecule has 4 nitrogen and oxygen atoms in total. The van der Waals surface area contributed by atoms with Gasteiger partial charge in [0.25, 0.3) is 5.91 Å². The molecule has 0 spiro atoms. The number of aromatic amines is 1. The third kappa shape index (κ3) is 2.94. The van der Waals surface area contributed by atoms with Crippen molar-refractivity contribution in [3.05, 3.63) is 29.3 Å². The normalized spacial score (nSPS) is 10.8. The van der Waals surface area contributed by atoms with Crippen molar-refractivity contribution in [1.29, 1.82) is 0 Å². The van der Waals surface area contributed by atoms with Crippen LogP contribution in [0.2, 0.25) is 0 Å². The topological polar surface area (TPSA) is 57.8 Å². The average molecular weight is 249 g/mol. The van der Waals surface area contributed by atoms with Crippen LogP contribution in [0.3, 0.4) is 0 Å². The minimum Gasteiger partial charge on any atom is -0.350 e. The van der Waals surface area contributed by atoms with Crippen molar-refractivity contribution in [3.63, 3.8) is 0 Å². The zero-order chi connectivity index (χ0) is 12.3. The largest absolute Gasteiger partial charge is 0.350 e. The quantitative estimate of drug-likeness (QED) is 0.874. The molecular weight excluding hydrogens is 234 g/mol. The first-order chi connectivity index (χ1) is 8.16. The molecule has 0 bridgehead atoms. The number of nitrogens with zero attached hydrogens (tertiary/aromatic N) is 1. The summed E-state index contributed by atoms with van der Waals surface area (Å²) in [5.74, 6) is 0.312. The van der Waals surface area contributed by atoms with Crippen molar-refractivity contribution in [1.82, 2.24) is 15.5 Å². The molecule has 1 amide bonds. The van der Waals surface area contributed by atoms with Crippen LogP contribution in [-0.2, 0) is 0 Å². The first-order valence-corrected chi connectivity index (χ1v) is 6.42. The lowest BCUT2D eigenvalue weighted by molar-refractivity contribution is 0.0944.